The Morgan fingerprint density at radius 1 is 1.15 bits per heavy atom. The molecule has 2 aliphatic rings. The third kappa shape index (κ3) is 7.74. The Morgan fingerprint density at radius 2 is 1.88 bits per heavy atom. The third-order valence-corrected chi connectivity index (χ3v) is 10.0. The van der Waals surface area contributed by atoms with E-state index < -0.39 is 38.6 Å². The van der Waals surface area contributed by atoms with Crippen molar-refractivity contribution in [3.05, 3.63) is 44.3 Å². The van der Waals surface area contributed by atoms with Gasteiger partial charge in [0.2, 0.25) is 21.8 Å². The lowest BCUT2D eigenvalue weighted by atomic mass is 10.2. The van der Waals surface area contributed by atoms with Crippen LogP contribution in [0.5, 0.6) is 0 Å². The summed E-state index contributed by atoms with van der Waals surface area (Å²) in [6.45, 7) is 2.87. The summed E-state index contributed by atoms with van der Waals surface area (Å²) in [5, 5.41) is 2.24. The molecule has 16 heteroatoms. The van der Waals surface area contributed by atoms with Gasteiger partial charge >= 0.3 is 0 Å². The van der Waals surface area contributed by atoms with Gasteiger partial charge in [0, 0.05) is 59.3 Å². The van der Waals surface area contributed by atoms with Crippen molar-refractivity contribution < 1.29 is 31.9 Å². The summed E-state index contributed by atoms with van der Waals surface area (Å²) in [6, 6.07) is 3.36. The SMILES string of the molecule is COCCN1CCN(C(=O)[C@H](CNC(=O)c2ccc(Cl)s2)NS(=O)(=O)c2cc(F)cc(N3CCCC3=O)c2Cl)CC1. The summed E-state index contributed by atoms with van der Waals surface area (Å²) in [6.07, 6.45) is 0.758. The smallest absolute Gasteiger partial charge is 0.261 e. The summed E-state index contributed by atoms with van der Waals surface area (Å²) < 4.78 is 49.5. The first-order valence-electron chi connectivity index (χ1n) is 12.9. The molecule has 2 fully saturated rings. The molecule has 3 amide bonds. The summed E-state index contributed by atoms with van der Waals surface area (Å²) in [5.41, 5.74) is -0.0625. The van der Waals surface area contributed by atoms with Crippen molar-refractivity contribution in [1.82, 2.24) is 19.8 Å². The summed E-state index contributed by atoms with van der Waals surface area (Å²) in [5.74, 6) is -2.32. The second-order valence-corrected chi connectivity index (χ2v) is 13.3. The molecule has 224 valence electrons. The minimum absolute atomic E-state index is 0.0625. The van der Waals surface area contributed by atoms with Crippen LogP contribution in [0.2, 0.25) is 9.36 Å². The van der Waals surface area contributed by atoms with Crippen LogP contribution in [0.1, 0.15) is 22.5 Å². The molecule has 2 aliphatic heterocycles. The number of thiophene rings is 1. The lowest BCUT2D eigenvalue weighted by Gasteiger charge is -2.36. The Balaban J connectivity index is 1.57. The van der Waals surface area contributed by atoms with Gasteiger partial charge in [0.15, 0.2) is 0 Å². The Morgan fingerprint density at radius 3 is 2.49 bits per heavy atom. The number of halogens is 3. The first kappa shape index (κ1) is 31.6. The van der Waals surface area contributed by atoms with Crippen molar-refractivity contribution >= 4 is 68.0 Å². The highest BCUT2D eigenvalue weighted by Crippen LogP contribution is 2.35. The quantitative estimate of drug-likeness (QED) is 0.382. The number of carbonyl (C=O) groups is 3. The van der Waals surface area contributed by atoms with Gasteiger partial charge in [0.1, 0.15) is 16.8 Å². The van der Waals surface area contributed by atoms with E-state index in [1.54, 1.807) is 13.2 Å². The van der Waals surface area contributed by atoms with Gasteiger partial charge in [-0.3, -0.25) is 19.3 Å². The Kier molecular flexibility index (Phi) is 10.6. The van der Waals surface area contributed by atoms with Crippen LogP contribution < -0.4 is 14.9 Å². The van der Waals surface area contributed by atoms with Crippen molar-refractivity contribution in [2.45, 2.75) is 23.8 Å². The standard InChI is InChI=1S/C25H30Cl2FN5O6S2/c1-39-12-11-31-7-9-32(10-8-31)25(36)17(15-29-24(35)19-4-5-21(26)40-19)30-41(37,38)20-14-16(28)13-18(23(20)27)33-6-2-3-22(33)34/h4-5,13-14,17,30H,2-3,6-12,15H2,1H3,(H,29,35)/t17-/m0/s1. The zero-order valence-electron chi connectivity index (χ0n) is 22.2. The van der Waals surface area contributed by atoms with Crippen LogP contribution in [0.3, 0.4) is 0 Å². The molecule has 0 aliphatic carbocycles. The topological polar surface area (TPSA) is 128 Å². The third-order valence-electron chi connectivity index (χ3n) is 6.79. The summed E-state index contributed by atoms with van der Waals surface area (Å²) >= 11 is 13.4. The predicted octanol–water partition coefficient (Wildman–Crippen LogP) is 2.19. The van der Waals surface area contributed by atoms with Crippen molar-refractivity contribution in [2.75, 3.05) is 64.4 Å². The van der Waals surface area contributed by atoms with E-state index in [2.05, 4.69) is 14.9 Å². The van der Waals surface area contributed by atoms with Gasteiger partial charge in [0.05, 0.1) is 26.5 Å². The van der Waals surface area contributed by atoms with Gasteiger partial charge in [-0.1, -0.05) is 23.2 Å². The number of piperazine rings is 1. The molecule has 0 bridgehead atoms. The molecule has 41 heavy (non-hydrogen) atoms. The largest absolute Gasteiger partial charge is 0.383 e. The van der Waals surface area contributed by atoms with Crippen molar-refractivity contribution in [3.63, 3.8) is 0 Å². The van der Waals surface area contributed by atoms with Gasteiger partial charge in [-0.2, -0.15) is 4.72 Å². The first-order chi connectivity index (χ1) is 19.5. The highest BCUT2D eigenvalue weighted by Gasteiger charge is 2.34. The highest BCUT2D eigenvalue weighted by molar-refractivity contribution is 7.89. The van der Waals surface area contributed by atoms with Crippen LogP contribution in [-0.2, 0) is 24.3 Å². The molecule has 2 aromatic rings. The van der Waals surface area contributed by atoms with Gasteiger partial charge in [0.25, 0.3) is 5.91 Å². The fourth-order valence-corrected chi connectivity index (χ4v) is 7.40. The molecule has 1 aromatic carbocycles. The number of methoxy groups -OCH3 is 1. The second kappa shape index (κ2) is 13.8. The number of amides is 3. The number of sulfonamides is 1. The Bertz CT molecular complexity index is 1400. The number of nitrogens with zero attached hydrogens (tertiary/aromatic N) is 3. The van der Waals surface area contributed by atoms with E-state index in [0.29, 0.717) is 50.1 Å². The molecular weight excluding hydrogens is 620 g/mol. The normalized spacial score (nSPS) is 17.2. The maximum absolute atomic E-state index is 14.6. The fourth-order valence-electron chi connectivity index (χ4n) is 4.63. The molecule has 0 unspecified atom stereocenters. The van der Waals surface area contributed by atoms with E-state index in [1.165, 1.54) is 15.9 Å². The van der Waals surface area contributed by atoms with E-state index in [-0.39, 0.29) is 41.0 Å². The number of rotatable bonds is 11. The minimum atomic E-state index is -4.60. The van der Waals surface area contributed by atoms with Gasteiger partial charge in [-0.05, 0) is 30.7 Å². The van der Waals surface area contributed by atoms with Gasteiger partial charge in [-0.25, -0.2) is 12.8 Å². The molecule has 3 heterocycles. The fraction of sp³-hybridized carbons (Fsp3) is 0.480. The highest BCUT2D eigenvalue weighted by atomic mass is 35.5. The van der Waals surface area contributed by atoms with Crippen LogP contribution >= 0.6 is 34.5 Å². The molecule has 2 saturated heterocycles. The molecule has 0 radical (unpaired) electrons. The monoisotopic (exact) mass is 649 g/mol. The van der Waals surface area contributed by atoms with E-state index in [0.717, 1.165) is 23.5 Å². The molecule has 2 N–H and O–H groups in total. The van der Waals surface area contributed by atoms with Crippen LogP contribution in [0.15, 0.2) is 29.2 Å². The number of benzene rings is 1. The van der Waals surface area contributed by atoms with Crippen LogP contribution in [-0.4, -0.2) is 102 Å². The molecule has 1 atom stereocenters. The molecule has 1 aromatic heterocycles. The number of nitrogens with one attached hydrogen (secondary N) is 2. The maximum Gasteiger partial charge on any atom is 0.261 e. The van der Waals surface area contributed by atoms with Crippen LogP contribution in [0.4, 0.5) is 10.1 Å². The predicted molar refractivity (Wildman–Crippen MR) is 154 cm³/mol. The number of hydrogen-bond donors (Lipinski definition) is 2. The van der Waals surface area contributed by atoms with Crippen LogP contribution in [0.25, 0.3) is 0 Å². The van der Waals surface area contributed by atoms with E-state index in [1.807, 2.05) is 0 Å². The molecule has 0 saturated carbocycles. The molecular formula is C25H30Cl2FN5O6S2. The second-order valence-electron chi connectivity index (χ2n) is 9.53. The van der Waals surface area contributed by atoms with Crippen molar-refractivity contribution in [2.24, 2.45) is 0 Å². The molecule has 0 spiro atoms. The zero-order chi connectivity index (χ0) is 29.7. The van der Waals surface area contributed by atoms with Crippen LogP contribution in [0, 0.1) is 5.82 Å². The lowest BCUT2D eigenvalue weighted by molar-refractivity contribution is -0.134. The number of anilines is 1. The van der Waals surface area contributed by atoms with Gasteiger partial charge in [-0.15, -0.1) is 11.3 Å². The molecule has 11 nitrogen and oxygen atoms in total. The minimum Gasteiger partial charge on any atom is -0.383 e. The van der Waals surface area contributed by atoms with E-state index in [4.69, 9.17) is 27.9 Å². The number of ether oxygens (including phenoxy) is 1. The Hall–Kier alpha value is -2.33. The summed E-state index contributed by atoms with van der Waals surface area (Å²) in [4.78, 5) is 43.0. The van der Waals surface area contributed by atoms with E-state index >= 15 is 0 Å². The number of hydrogen-bond acceptors (Lipinski definition) is 8. The van der Waals surface area contributed by atoms with Crippen molar-refractivity contribution in [1.29, 1.82) is 0 Å². The van der Waals surface area contributed by atoms with Crippen molar-refractivity contribution in [3.8, 4) is 0 Å². The van der Waals surface area contributed by atoms with Gasteiger partial charge < -0.3 is 19.9 Å². The first-order valence-corrected chi connectivity index (χ1v) is 15.9. The number of carbonyl (C=O) groups excluding carboxylic acids is 3. The Labute approximate surface area is 251 Å². The summed E-state index contributed by atoms with van der Waals surface area (Å²) in [7, 11) is -3.00. The average molecular weight is 651 g/mol. The average Bonchev–Trinajstić information content (AvgIpc) is 3.58. The van der Waals surface area contributed by atoms with E-state index in [9.17, 15) is 27.2 Å². The zero-order valence-corrected chi connectivity index (χ0v) is 25.3. The maximum atomic E-state index is 14.6. The lowest BCUT2D eigenvalue weighted by Crippen LogP contribution is -2.57. The molecule has 4 rings (SSSR count).